The predicted molar refractivity (Wildman–Crippen MR) is 84.6 cm³/mol. The van der Waals surface area contributed by atoms with Gasteiger partial charge < -0.3 is 5.11 Å². The lowest BCUT2D eigenvalue weighted by Gasteiger charge is -2.02. The summed E-state index contributed by atoms with van der Waals surface area (Å²) in [5, 5.41) is 11.3. The summed E-state index contributed by atoms with van der Waals surface area (Å²) in [6.07, 6.45) is 1.60. The number of aliphatic imine (C=N–C) groups is 1. The second-order valence-corrected chi connectivity index (χ2v) is 4.65. The lowest BCUT2D eigenvalue weighted by molar-refractivity contribution is 0.0697. The van der Waals surface area contributed by atoms with Crippen LogP contribution in [0.4, 0.5) is 5.69 Å². The van der Waals surface area contributed by atoms with Gasteiger partial charge in [-0.2, -0.15) is 0 Å². The van der Waals surface area contributed by atoms with Crippen molar-refractivity contribution >= 4 is 28.6 Å². The van der Waals surface area contributed by atoms with Crippen LogP contribution in [-0.4, -0.2) is 17.3 Å². The molecular formula is C18H13NO2. The summed E-state index contributed by atoms with van der Waals surface area (Å²) < 4.78 is 0. The Morgan fingerprint density at radius 3 is 2.48 bits per heavy atom. The highest BCUT2D eigenvalue weighted by Gasteiger charge is 2.06. The average molecular weight is 275 g/mol. The van der Waals surface area contributed by atoms with E-state index in [2.05, 4.69) is 4.99 Å². The number of benzene rings is 3. The maximum Gasteiger partial charge on any atom is 0.336 e. The van der Waals surface area contributed by atoms with Gasteiger partial charge in [-0.15, -0.1) is 0 Å². The van der Waals surface area contributed by atoms with E-state index in [4.69, 9.17) is 0 Å². The summed E-state index contributed by atoms with van der Waals surface area (Å²) in [4.78, 5) is 15.6. The number of hydrogen-bond donors (Lipinski definition) is 1. The van der Waals surface area contributed by atoms with Crippen LogP contribution in [0.25, 0.3) is 10.8 Å². The number of hydrogen-bond acceptors (Lipinski definition) is 2. The minimum Gasteiger partial charge on any atom is -0.478 e. The van der Waals surface area contributed by atoms with E-state index >= 15 is 0 Å². The van der Waals surface area contributed by atoms with E-state index in [0.29, 0.717) is 5.56 Å². The molecule has 0 amide bonds. The van der Waals surface area contributed by atoms with Crippen LogP contribution in [0.1, 0.15) is 15.9 Å². The molecule has 3 rings (SSSR count). The normalized spacial score (nSPS) is 11.0. The molecule has 3 aromatic rings. The summed E-state index contributed by atoms with van der Waals surface area (Å²) in [5.74, 6) is -0.949. The third-order valence-corrected chi connectivity index (χ3v) is 3.30. The molecule has 0 atom stereocenters. The molecular weight excluding hydrogens is 262 g/mol. The Kier molecular flexibility index (Phi) is 3.48. The van der Waals surface area contributed by atoms with Crippen LogP contribution in [0.15, 0.2) is 71.7 Å². The van der Waals surface area contributed by atoms with Crippen molar-refractivity contribution in [2.75, 3.05) is 0 Å². The molecule has 0 radical (unpaired) electrons. The van der Waals surface area contributed by atoms with Crippen LogP contribution in [0.3, 0.4) is 0 Å². The van der Waals surface area contributed by atoms with Crippen molar-refractivity contribution in [3.05, 3.63) is 77.9 Å². The van der Waals surface area contributed by atoms with Gasteiger partial charge in [0.1, 0.15) is 0 Å². The number of carboxylic acids is 1. The molecule has 0 heterocycles. The van der Waals surface area contributed by atoms with Crippen LogP contribution >= 0.6 is 0 Å². The number of carbonyl (C=O) groups is 1. The Morgan fingerprint density at radius 2 is 1.62 bits per heavy atom. The molecule has 0 saturated carbocycles. The van der Waals surface area contributed by atoms with Crippen LogP contribution in [-0.2, 0) is 0 Å². The molecule has 0 aliphatic carbocycles. The quantitative estimate of drug-likeness (QED) is 0.725. The zero-order valence-electron chi connectivity index (χ0n) is 11.2. The first kappa shape index (κ1) is 13.1. The van der Waals surface area contributed by atoms with Gasteiger partial charge in [0.05, 0.1) is 11.3 Å². The fourth-order valence-electron chi connectivity index (χ4n) is 2.26. The average Bonchev–Trinajstić information content (AvgIpc) is 2.53. The SMILES string of the molecule is O=C(O)c1ccccc1C=Nc1cccc2ccccc12. The molecule has 21 heavy (non-hydrogen) atoms. The Hall–Kier alpha value is -2.94. The fraction of sp³-hybridized carbons (Fsp3) is 0. The molecule has 3 heteroatoms. The van der Waals surface area contributed by atoms with Gasteiger partial charge in [-0.05, 0) is 17.5 Å². The Morgan fingerprint density at radius 1 is 0.905 bits per heavy atom. The molecule has 0 saturated heterocycles. The second kappa shape index (κ2) is 5.59. The molecule has 0 aliphatic heterocycles. The molecule has 0 unspecified atom stereocenters. The summed E-state index contributed by atoms with van der Waals surface area (Å²) in [6, 6.07) is 20.7. The first-order chi connectivity index (χ1) is 10.3. The molecule has 0 aromatic heterocycles. The number of rotatable bonds is 3. The molecule has 0 spiro atoms. The van der Waals surface area contributed by atoms with E-state index in [1.54, 1.807) is 30.5 Å². The van der Waals surface area contributed by atoms with Crippen molar-refractivity contribution in [2.24, 2.45) is 4.99 Å². The highest BCUT2D eigenvalue weighted by molar-refractivity contribution is 6.00. The van der Waals surface area contributed by atoms with Gasteiger partial charge in [0, 0.05) is 17.2 Å². The number of aromatic carboxylic acids is 1. The van der Waals surface area contributed by atoms with Gasteiger partial charge in [-0.25, -0.2) is 4.79 Å². The lowest BCUT2D eigenvalue weighted by Crippen LogP contribution is -2.01. The van der Waals surface area contributed by atoms with E-state index in [0.717, 1.165) is 16.5 Å². The molecule has 0 fully saturated rings. The van der Waals surface area contributed by atoms with E-state index in [1.165, 1.54) is 0 Å². The largest absolute Gasteiger partial charge is 0.478 e. The molecule has 1 N–H and O–H groups in total. The van der Waals surface area contributed by atoms with Gasteiger partial charge in [-0.3, -0.25) is 4.99 Å². The Balaban J connectivity index is 2.05. The minimum atomic E-state index is -0.949. The van der Waals surface area contributed by atoms with Gasteiger partial charge in [0.25, 0.3) is 0 Å². The summed E-state index contributed by atoms with van der Waals surface area (Å²) >= 11 is 0. The smallest absolute Gasteiger partial charge is 0.336 e. The summed E-state index contributed by atoms with van der Waals surface area (Å²) in [6.45, 7) is 0. The summed E-state index contributed by atoms with van der Waals surface area (Å²) in [5.41, 5.74) is 1.67. The Bertz CT molecular complexity index is 832. The predicted octanol–water partition coefficient (Wildman–Crippen LogP) is 4.29. The van der Waals surface area contributed by atoms with Crippen molar-refractivity contribution in [1.82, 2.24) is 0 Å². The van der Waals surface area contributed by atoms with Gasteiger partial charge >= 0.3 is 5.97 Å². The van der Waals surface area contributed by atoms with Gasteiger partial charge in [-0.1, -0.05) is 54.6 Å². The van der Waals surface area contributed by atoms with Crippen molar-refractivity contribution in [2.45, 2.75) is 0 Å². The van der Waals surface area contributed by atoms with Crippen LogP contribution in [0, 0.1) is 0 Å². The maximum atomic E-state index is 11.2. The number of nitrogens with zero attached hydrogens (tertiary/aromatic N) is 1. The number of carboxylic acid groups (broad SMARTS) is 1. The number of fused-ring (bicyclic) bond motifs is 1. The van der Waals surface area contributed by atoms with Gasteiger partial charge in [0.2, 0.25) is 0 Å². The first-order valence-electron chi connectivity index (χ1n) is 6.60. The third-order valence-electron chi connectivity index (χ3n) is 3.30. The highest BCUT2D eigenvalue weighted by Crippen LogP contribution is 2.25. The third kappa shape index (κ3) is 2.67. The van der Waals surface area contributed by atoms with E-state index < -0.39 is 5.97 Å². The lowest BCUT2D eigenvalue weighted by atomic mass is 10.1. The maximum absolute atomic E-state index is 11.2. The van der Waals surface area contributed by atoms with E-state index in [-0.39, 0.29) is 5.56 Å². The molecule has 102 valence electrons. The second-order valence-electron chi connectivity index (χ2n) is 4.65. The van der Waals surface area contributed by atoms with E-state index in [9.17, 15) is 9.90 Å². The Labute approximate surface area is 122 Å². The topological polar surface area (TPSA) is 49.7 Å². The van der Waals surface area contributed by atoms with Crippen LogP contribution < -0.4 is 0 Å². The van der Waals surface area contributed by atoms with Crippen LogP contribution in [0.2, 0.25) is 0 Å². The summed E-state index contributed by atoms with van der Waals surface area (Å²) in [7, 11) is 0. The van der Waals surface area contributed by atoms with Crippen molar-refractivity contribution in [3.63, 3.8) is 0 Å². The highest BCUT2D eigenvalue weighted by atomic mass is 16.4. The van der Waals surface area contributed by atoms with E-state index in [1.807, 2.05) is 42.5 Å². The van der Waals surface area contributed by atoms with Gasteiger partial charge in [0.15, 0.2) is 0 Å². The standard InChI is InChI=1S/C18H13NO2/c20-18(21)16-10-4-2-7-14(16)12-19-17-11-5-8-13-6-1-3-9-15(13)17/h1-12H,(H,20,21). The fourth-order valence-corrected chi connectivity index (χ4v) is 2.26. The van der Waals surface area contributed by atoms with Crippen molar-refractivity contribution < 1.29 is 9.90 Å². The zero-order chi connectivity index (χ0) is 14.7. The monoisotopic (exact) mass is 275 g/mol. The van der Waals surface area contributed by atoms with Crippen molar-refractivity contribution in [3.8, 4) is 0 Å². The minimum absolute atomic E-state index is 0.251. The van der Waals surface area contributed by atoms with Crippen LogP contribution in [0.5, 0.6) is 0 Å². The van der Waals surface area contributed by atoms with Crippen molar-refractivity contribution in [1.29, 1.82) is 0 Å². The zero-order valence-corrected chi connectivity index (χ0v) is 11.2. The molecule has 0 bridgehead atoms. The molecule has 3 nitrogen and oxygen atoms in total. The molecule has 3 aromatic carbocycles. The first-order valence-corrected chi connectivity index (χ1v) is 6.60. The molecule has 0 aliphatic rings.